The van der Waals surface area contributed by atoms with Crippen LogP contribution in [0, 0.1) is 12.3 Å². The second kappa shape index (κ2) is 3.38. The smallest absolute Gasteiger partial charge is 0.109 e. The minimum absolute atomic E-state index is 0.713. The van der Waals surface area contributed by atoms with Crippen molar-refractivity contribution in [1.29, 1.82) is 5.41 Å². The molecule has 1 nitrogen and oxygen atoms in total. The Balaban J connectivity index is 2.90. The largest absolute Gasteiger partial charge is 0.305 e. The molecule has 0 spiro atoms. The SMILES string of the molecule is BCC(=N)c1ccc(C)cc1. The van der Waals surface area contributed by atoms with Gasteiger partial charge in [0.25, 0.3) is 0 Å². The van der Waals surface area contributed by atoms with Gasteiger partial charge in [-0.15, -0.1) is 0 Å². The molecule has 1 rings (SSSR count). The number of hydrogen-bond donors (Lipinski definition) is 1. The average molecular weight is 145 g/mol. The fraction of sp³-hybridized carbons (Fsp3) is 0.222. The predicted octanol–water partition coefficient (Wildman–Crippen LogP) is 1.41. The molecular weight excluding hydrogens is 133 g/mol. The van der Waals surface area contributed by atoms with Crippen LogP contribution in [0.2, 0.25) is 6.32 Å². The summed E-state index contributed by atoms with van der Waals surface area (Å²) < 4.78 is 0. The van der Waals surface area contributed by atoms with Gasteiger partial charge in [-0.3, -0.25) is 0 Å². The summed E-state index contributed by atoms with van der Waals surface area (Å²) in [5.41, 5.74) is 3.00. The molecule has 0 aliphatic carbocycles. The van der Waals surface area contributed by atoms with Gasteiger partial charge in [-0.25, -0.2) is 0 Å². The maximum absolute atomic E-state index is 7.55. The lowest BCUT2D eigenvalue weighted by atomic mass is 9.95. The van der Waals surface area contributed by atoms with Gasteiger partial charge in [0.2, 0.25) is 0 Å². The van der Waals surface area contributed by atoms with Crippen molar-refractivity contribution in [3.8, 4) is 0 Å². The quantitative estimate of drug-likeness (QED) is 0.480. The molecule has 1 N–H and O–H groups in total. The third-order valence-electron chi connectivity index (χ3n) is 1.75. The molecule has 0 aliphatic rings. The van der Waals surface area contributed by atoms with E-state index in [9.17, 15) is 0 Å². The third kappa shape index (κ3) is 1.94. The normalized spacial score (nSPS) is 9.55. The Kier molecular flexibility index (Phi) is 2.47. The van der Waals surface area contributed by atoms with Crippen LogP contribution in [0.1, 0.15) is 11.1 Å². The van der Waals surface area contributed by atoms with Crippen molar-refractivity contribution in [3.05, 3.63) is 35.4 Å². The van der Waals surface area contributed by atoms with Crippen LogP contribution in [0.5, 0.6) is 0 Å². The van der Waals surface area contributed by atoms with Crippen molar-refractivity contribution < 1.29 is 0 Å². The standard InChI is InChI=1S/C9H12BN/c1-7-2-4-8(5-3-7)9(11)6-10/h2-5,11H,6,10H2,1H3. The topological polar surface area (TPSA) is 23.9 Å². The lowest BCUT2D eigenvalue weighted by Crippen LogP contribution is -1.96. The van der Waals surface area contributed by atoms with Crippen LogP contribution >= 0.6 is 0 Å². The lowest BCUT2D eigenvalue weighted by Gasteiger charge is -1.99. The van der Waals surface area contributed by atoms with E-state index in [0.717, 1.165) is 11.9 Å². The minimum Gasteiger partial charge on any atom is -0.305 e. The number of aryl methyl sites for hydroxylation is 1. The van der Waals surface area contributed by atoms with Gasteiger partial charge in [0.15, 0.2) is 0 Å². The summed E-state index contributed by atoms with van der Waals surface area (Å²) in [5.74, 6) is 0. The van der Waals surface area contributed by atoms with E-state index in [1.807, 2.05) is 32.1 Å². The molecule has 1 aromatic carbocycles. The number of benzene rings is 1. The Bertz CT molecular complexity index is 251. The fourth-order valence-corrected chi connectivity index (χ4v) is 0.959. The van der Waals surface area contributed by atoms with Crippen molar-refractivity contribution in [2.45, 2.75) is 13.2 Å². The highest BCUT2D eigenvalue weighted by Gasteiger charge is 1.95. The Morgan fingerprint density at radius 1 is 1.36 bits per heavy atom. The first-order chi connectivity index (χ1) is 5.24. The summed E-state index contributed by atoms with van der Waals surface area (Å²) in [4.78, 5) is 0. The van der Waals surface area contributed by atoms with E-state index in [0.29, 0.717) is 5.71 Å². The lowest BCUT2D eigenvalue weighted by molar-refractivity contribution is 1.42. The molecule has 0 bridgehead atoms. The number of nitrogens with one attached hydrogen (secondary N) is 1. The van der Waals surface area contributed by atoms with Crippen molar-refractivity contribution in [2.75, 3.05) is 0 Å². The predicted molar refractivity (Wildman–Crippen MR) is 51.4 cm³/mol. The zero-order valence-corrected chi connectivity index (χ0v) is 7.02. The van der Waals surface area contributed by atoms with Gasteiger partial charge in [0.05, 0.1) is 0 Å². The monoisotopic (exact) mass is 145 g/mol. The van der Waals surface area contributed by atoms with Crippen molar-refractivity contribution >= 4 is 13.6 Å². The first-order valence-corrected chi connectivity index (χ1v) is 3.88. The number of rotatable bonds is 2. The summed E-state index contributed by atoms with van der Waals surface area (Å²) in [7, 11) is 2.00. The summed E-state index contributed by atoms with van der Waals surface area (Å²) in [6.07, 6.45) is 0.809. The van der Waals surface area contributed by atoms with Crippen LogP contribution in [0.4, 0.5) is 0 Å². The second-order valence-electron chi connectivity index (χ2n) is 2.70. The van der Waals surface area contributed by atoms with Gasteiger partial charge in [0.1, 0.15) is 7.85 Å². The summed E-state index contributed by atoms with van der Waals surface area (Å²) in [5, 5.41) is 7.55. The van der Waals surface area contributed by atoms with Crippen molar-refractivity contribution in [1.82, 2.24) is 0 Å². The van der Waals surface area contributed by atoms with Crippen LogP contribution in [0.15, 0.2) is 24.3 Å². The third-order valence-corrected chi connectivity index (χ3v) is 1.75. The molecule has 0 saturated heterocycles. The first kappa shape index (κ1) is 8.06. The van der Waals surface area contributed by atoms with Gasteiger partial charge in [-0.2, -0.15) is 0 Å². The first-order valence-electron chi connectivity index (χ1n) is 3.88. The Morgan fingerprint density at radius 2 is 1.91 bits per heavy atom. The molecule has 0 saturated carbocycles. The maximum atomic E-state index is 7.55. The molecule has 0 atom stereocenters. The van der Waals surface area contributed by atoms with Crippen LogP contribution in [0.3, 0.4) is 0 Å². The molecule has 2 heteroatoms. The molecule has 0 fully saturated rings. The second-order valence-corrected chi connectivity index (χ2v) is 2.70. The van der Waals surface area contributed by atoms with E-state index < -0.39 is 0 Å². The Labute approximate surface area is 68.4 Å². The zero-order valence-electron chi connectivity index (χ0n) is 7.02. The molecular formula is C9H12BN. The highest BCUT2D eigenvalue weighted by atomic mass is 14.4. The van der Waals surface area contributed by atoms with Gasteiger partial charge in [0, 0.05) is 5.71 Å². The van der Waals surface area contributed by atoms with Crippen molar-refractivity contribution in [2.24, 2.45) is 0 Å². The summed E-state index contributed by atoms with van der Waals surface area (Å²) in [6.45, 7) is 2.05. The maximum Gasteiger partial charge on any atom is 0.109 e. The van der Waals surface area contributed by atoms with E-state index in [2.05, 4.69) is 6.92 Å². The average Bonchev–Trinajstić information content (AvgIpc) is 2.05. The van der Waals surface area contributed by atoms with E-state index in [-0.39, 0.29) is 0 Å². The molecule has 56 valence electrons. The minimum atomic E-state index is 0.713. The van der Waals surface area contributed by atoms with E-state index >= 15 is 0 Å². The van der Waals surface area contributed by atoms with Gasteiger partial charge in [-0.05, 0) is 18.8 Å². The Morgan fingerprint density at radius 3 is 2.36 bits per heavy atom. The van der Waals surface area contributed by atoms with Crippen LogP contribution < -0.4 is 0 Å². The molecule has 11 heavy (non-hydrogen) atoms. The van der Waals surface area contributed by atoms with Gasteiger partial charge >= 0.3 is 0 Å². The molecule has 0 aliphatic heterocycles. The summed E-state index contributed by atoms with van der Waals surface area (Å²) in [6, 6.07) is 8.08. The molecule has 0 radical (unpaired) electrons. The number of hydrogen-bond acceptors (Lipinski definition) is 1. The van der Waals surface area contributed by atoms with Gasteiger partial charge < -0.3 is 5.41 Å². The van der Waals surface area contributed by atoms with E-state index in [1.165, 1.54) is 5.56 Å². The van der Waals surface area contributed by atoms with Crippen LogP contribution in [-0.4, -0.2) is 13.6 Å². The fourth-order valence-electron chi connectivity index (χ4n) is 0.959. The van der Waals surface area contributed by atoms with Crippen LogP contribution in [0.25, 0.3) is 0 Å². The van der Waals surface area contributed by atoms with E-state index in [4.69, 9.17) is 5.41 Å². The van der Waals surface area contributed by atoms with Crippen LogP contribution in [-0.2, 0) is 0 Å². The Hall–Kier alpha value is -1.05. The molecule has 0 aromatic heterocycles. The van der Waals surface area contributed by atoms with Gasteiger partial charge in [-0.1, -0.05) is 29.8 Å². The molecule has 1 aromatic rings. The molecule has 0 heterocycles. The zero-order chi connectivity index (χ0) is 8.27. The highest BCUT2D eigenvalue weighted by Crippen LogP contribution is 2.04. The molecule has 0 amide bonds. The van der Waals surface area contributed by atoms with Crippen molar-refractivity contribution in [3.63, 3.8) is 0 Å². The molecule has 0 unspecified atom stereocenters. The van der Waals surface area contributed by atoms with E-state index in [1.54, 1.807) is 0 Å². The highest BCUT2D eigenvalue weighted by molar-refractivity contribution is 6.24. The summed E-state index contributed by atoms with van der Waals surface area (Å²) >= 11 is 0.